The minimum Gasteiger partial charge on any atom is -0.166 e. The summed E-state index contributed by atoms with van der Waals surface area (Å²) >= 11 is 0. The van der Waals surface area contributed by atoms with Crippen molar-refractivity contribution in [2.45, 2.75) is 49.4 Å². The maximum Gasteiger partial charge on any atom is 0.417 e. The maximum atomic E-state index is 13.8. The van der Waals surface area contributed by atoms with Gasteiger partial charge in [-0.1, -0.05) is 0 Å². The second-order valence-electron chi connectivity index (χ2n) is 7.73. The predicted octanol–water partition coefficient (Wildman–Crippen LogP) is 11.0. The molecule has 0 amide bonds. The standard InChI is InChI=1S/C18F24/c19-11(20,21)3-1-2(5(13(25,26)27)9(17(37,38)39)7(3)15(31,32)33)6(14(28,29)30)10(18(40,41)42)8(16(34,35)36)4(1)12(22,23)24. The van der Waals surface area contributed by atoms with E-state index in [0.29, 0.717) is 0 Å². The number of benzene rings is 2. The fourth-order valence-electron chi connectivity index (χ4n) is 4.02. The molecule has 0 aliphatic rings. The number of halogens is 24. The largest absolute Gasteiger partial charge is 0.417 e. The Morgan fingerprint density at radius 2 is 0.262 bits per heavy atom. The molecule has 0 saturated carbocycles. The van der Waals surface area contributed by atoms with Crippen LogP contribution in [-0.2, 0) is 49.4 Å². The Morgan fingerprint density at radius 3 is 0.333 bits per heavy atom. The molecule has 0 saturated heterocycles. The van der Waals surface area contributed by atoms with E-state index in [1.165, 1.54) is 0 Å². The van der Waals surface area contributed by atoms with Gasteiger partial charge in [0.25, 0.3) is 0 Å². The van der Waals surface area contributed by atoms with Gasteiger partial charge in [-0.25, -0.2) is 0 Å². The summed E-state index contributed by atoms with van der Waals surface area (Å²) in [6.45, 7) is 0. The summed E-state index contributed by atoms with van der Waals surface area (Å²) in [7, 11) is 0. The first-order valence-electron chi connectivity index (χ1n) is 9.29. The van der Waals surface area contributed by atoms with Crippen LogP contribution in [0.4, 0.5) is 105 Å². The van der Waals surface area contributed by atoms with Crippen molar-refractivity contribution in [1.82, 2.24) is 0 Å². The van der Waals surface area contributed by atoms with Crippen molar-refractivity contribution >= 4 is 10.8 Å². The first-order chi connectivity index (χ1) is 18.0. The molecule has 0 atom stereocenters. The van der Waals surface area contributed by atoms with Gasteiger partial charge in [-0.2, -0.15) is 105 Å². The third-order valence-electron chi connectivity index (χ3n) is 5.02. The third kappa shape index (κ3) is 6.06. The van der Waals surface area contributed by atoms with Crippen LogP contribution in [0.3, 0.4) is 0 Å². The Labute approximate surface area is 211 Å². The van der Waals surface area contributed by atoms with Gasteiger partial charge < -0.3 is 0 Å². The minimum atomic E-state index is -7.64. The fraction of sp³-hybridized carbons (Fsp3) is 0.444. The van der Waals surface area contributed by atoms with Gasteiger partial charge in [0.15, 0.2) is 0 Å². The van der Waals surface area contributed by atoms with Crippen LogP contribution >= 0.6 is 0 Å². The van der Waals surface area contributed by atoms with E-state index in [-0.39, 0.29) is 0 Å². The average Bonchev–Trinajstić information content (AvgIpc) is 2.63. The van der Waals surface area contributed by atoms with Crippen LogP contribution in [0.2, 0.25) is 0 Å². The lowest BCUT2D eigenvalue weighted by molar-refractivity contribution is -0.185. The number of rotatable bonds is 0. The van der Waals surface area contributed by atoms with E-state index in [0.717, 1.165) is 0 Å². The van der Waals surface area contributed by atoms with E-state index >= 15 is 0 Å². The predicted molar refractivity (Wildman–Crippen MR) is 84.0 cm³/mol. The lowest BCUT2D eigenvalue weighted by Gasteiger charge is -2.32. The van der Waals surface area contributed by atoms with Crippen molar-refractivity contribution < 1.29 is 105 Å². The van der Waals surface area contributed by atoms with Gasteiger partial charge in [0.05, 0.1) is 44.5 Å². The highest BCUT2D eigenvalue weighted by molar-refractivity contribution is 6.00. The SMILES string of the molecule is FC(F)(F)c1c(C(F)(F)F)c(C(F)(F)F)c2c(C(F)(F)F)c(C(F)(F)F)c(C(F)(F)F)c(C(F)(F)F)c2c1C(F)(F)F. The summed E-state index contributed by atoms with van der Waals surface area (Å²) in [5.74, 6) is 0. The summed E-state index contributed by atoms with van der Waals surface area (Å²) < 4.78 is 328. The molecule has 0 unspecified atom stereocenters. The topological polar surface area (TPSA) is 0 Å². The zero-order valence-corrected chi connectivity index (χ0v) is 18.1. The van der Waals surface area contributed by atoms with Crippen LogP contribution in [0.5, 0.6) is 0 Å². The van der Waals surface area contributed by atoms with Crippen LogP contribution in [0.1, 0.15) is 44.5 Å². The molecule has 2 aromatic rings. The highest BCUT2D eigenvalue weighted by Crippen LogP contribution is 2.62. The van der Waals surface area contributed by atoms with Gasteiger partial charge in [-0.15, -0.1) is 0 Å². The Bertz CT molecular complexity index is 1160. The summed E-state index contributed by atoms with van der Waals surface area (Å²) in [5.41, 5.74) is -39.1. The Morgan fingerprint density at radius 1 is 0.167 bits per heavy atom. The molecule has 240 valence electrons. The molecule has 0 N–H and O–H groups in total. The van der Waals surface area contributed by atoms with E-state index in [2.05, 4.69) is 0 Å². The number of hydrogen-bond acceptors (Lipinski definition) is 0. The van der Waals surface area contributed by atoms with Crippen molar-refractivity contribution in [3.63, 3.8) is 0 Å². The second-order valence-corrected chi connectivity index (χ2v) is 7.73. The van der Waals surface area contributed by atoms with Gasteiger partial charge in [-0.3, -0.25) is 0 Å². The van der Waals surface area contributed by atoms with Crippen LogP contribution < -0.4 is 0 Å². The van der Waals surface area contributed by atoms with Crippen molar-refractivity contribution in [3.05, 3.63) is 44.5 Å². The monoisotopic (exact) mass is 672 g/mol. The van der Waals surface area contributed by atoms with E-state index in [4.69, 9.17) is 0 Å². The van der Waals surface area contributed by atoms with E-state index < -0.39 is 105 Å². The van der Waals surface area contributed by atoms with Gasteiger partial charge in [0.1, 0.15) is 0 Å². The van der Waals surface area contributed by atoms with Crippen molar-refractivity contribution in [3.8, 4) is 0 Å². The fourth-order valence-corrected chi connectivity index (χ4v) is 4.02. The summed E-state index contributed by atoms with van der Waals surface area (Å²) in [5, 5.41) is -9.15. The van der Waals surface area contributed by atoms with Crippen LogP contribution in [0, 0.1) is 0 Å². The van der Waals surface area contributed by atoms with Crippen LogP contribution in [-0.4, -0.2) is 0 Å². The molecule has 42 heavy (non-hydrogen) atoms. The molecule has 0 aliphatic heterocycles. The van der Waals surface area contributed by atoms with E-state index in [9.17, 15) is 105 Å². The highest BCUT2D eigenvalue weighted by atomic mass is 19.4. The quantitative estimate of drug-likeness (QED) is 0.245. The average molecular weight is 672 g/mol. The summed E-state index contributed by atoms with van der Waals surface area (Å²) in [6.07, 6.45) is -61.0. The normalized spacial score (nSPS) is 15.1. The number of alkyl halides is 24. The van der Waals surface area contributed by atoms with Gasteiger partial charge in [-0.05, 0) is 0 Å². The zero-order chi connectivity index (χ0) is 33.8. The van der Waals surface area contributed by atoms with Gasteiger partial charge >= 0.3 is 49.4 Å². The van der Waals surface area contributed by atoms with E-state index in [1.54, 1.807) is 0 Å². The molecule has 0 aliphatic carbocycles. The smallest absolute Gasteiger partial charge is 0.166 e. The van der Waals surface area contributed by atoms with Crippen molar-refractivity contribution in [2.75, 3.05) is 0 Å². The third-order valence-corrected chi connectivity index (χ3v) is 5.02. The van der Waals surface area contributed by atoms with Gasteiger partial charge in [0.2, 0.25) is 0 Å². The van der Waals surface area contributed by atoms with Gasteiger partial charge in [0, 0.05) is 10.8 Å². The number of fused-ring (bicyclic) bond motifs is 1. The first kappa shape index (κ1) is 35.2. The van der Waals surface area contributed by atoms with Crippen LogP contribution in [0.25, 0.3) is 10.8 Å². The Balaban J connectivity index is 4.13. The molecular weight excluding hydrogens is 672 g/mol. The maximum absolute atomic E-state index is 13.8. The Kier molecular flexibility index (Phi) is 7.76. The Hall–Kier alpha value is -2.98. The van der Waals surface area contributed by atoms with Crippen molar-refractivity contribution in [2.24, 2.45) is 0 Å². The molecule has 0 heterocycles. The van der Waals surface area contributed by atoms with Crippen molar-refractivity contribution in [1.29, 1.82) is 0 Å². The molecule has 0 nitrogen and oxygen atoms in total. The molecule has 24 heteroatoms. The first-order valence-corrected chi connectivity index (χ1v) is 9.29. The molecular formula is C18F24. The lowest BCUT2D eigenvalue weighted by atomic mass is 9.79. The molecule has 2 rings (SSSR count). The molecule has 0 bridgehead atoms. The zero-order valence-electron chi connectivity index (χ0n) is 18.1. The van der Waals surface area contributed by atoms with Crippen LogP contribution in [0.15, 0.2) is 0 Å². The molecule has 0 fully saturated rings. The molecule has 0 radical (unpaired) electrons. The van der Waals surface area contributed by atoms with E-state index in [1.807, 2.05) is 0 Å². The molecule has 0 spiro atoms. The number of hydrogen-bond donors (Lipinski definition) is 0. The molecule has 0 aromatic heterocycles. The molecule has 2 aromatic carbocycles. The minimum absolute atomic E-state index is 4.57. The second kappa shape index (κ2) is 9.26. The lowest BCUT2D eigenvalue weighted by Crippen LogP contribution is -2.33. The highest BCUT2D eigenvalue weighted by Gasteiger charge is 2.63. The summed E-state index contributed by atoms with van der Waals surface area (Å²) in [4.78, 5) is 0. The summed E-state index contributed by atoms with van der Waals surface area (Å²) in [6, 6.07) is 0.